The summed E-state index contributed by atoms with van der Waals surface area (Å²) in [4.78, 5) is 19.2. The zero-order valence-electron chi connectivity index (χ0n) is 13.8. The van der Waals surface area contributed by atoms with Crippen LogP contribution in [0.25, 0.3) is 10.8 Å². The Labute approximate surface area is 150 Å². The van der Waals surface area contributed by atoms with Crippen molar-refractivity contribution in [3.63, 3.8) is 0 Å². The van der Waals surface area contributed by atoms with Gasteiger partial charge in [-0.1, -0.05) is 18.2 Å². The third kappa shape index (κ3) is 3.44. The van der Waals surface area contributed by atoms with Crippen molar-refractivity contribution >= 4 is 22.9 Å². The molecule has 0 saturated carbocycles. The van der Waals surface area contributed by atoms with Gasteiger partial charge in [0.2, 0.25) is 0 Å². The molecule has 2 aromatic heterocycles. The van der Waals surface area contributed by atoms with Crippen molar-refractivity contribution in [3.05, 3.63) is 59.3 Å². The van der Waals surface area contributed by atoms with Crippen molar-refractivity contribution in [2.45, 2.75) is 19.4 Å². The molecule has 1 fully saturated rings. The number of rotatable bonds is 5. The van der Waals surface area contributed by atoms with E-state index in [0.717, 1.165) is 18.7 Å². The van der Waals surface area contributed by atoms with E-state index in [9.17, 15) is 4.79 Å². The average molecular weight is 353 g/mol. The number of hydrogen-bond donors (Lipinski definition) is 1. The monoisotopic (exact) mass is 353 g/mol. The van der Waals surface area contributed by atoms with Gasteiger partial charge in [0.15, 0.2) is 10.8 Å². The Morgan fingerprint density at radius 2 is 2.04 bits per heavy atom. The predicted octanol–water partition coefficient (Wildman–Crippen LogP) is 3.93. The summed E-state index contributed by atoms with van der Waals surface area (Å²) in [6, 6.07) is 11.9. The maximum Gasteiger partial charge on any atom is 0.271 e. The normalized spacial score (nSPS) is 14.0. The summed E-state index contributed by atoms with van der Waals surface area (Å²) in [5, 5.41) is 5.46. The molecule has 0 unspecified atom stereocenters. The topological polar surface area (TPSA) is 58.4 Å². The molecular weight excluding hydrogens is 334 g/mol. The van der Waals surface area contributed by atoms with E-state index in [1.165, 1.54) is 29.9 Å². The highest BCUT2D eigenvalue weighted by molar-refractivity contribution is 7.13. The molecule has 1 aliphatic rings. The zero-order valence-corrected chi connectivity index (χ0v) is 14.6. The molecule has 1 N–H and O–H groups in total. The standard InChI is InChI=1S/C19H19N3O2S/c23-18(15-13-25-19(21-15)17-8-5-11-24-17)20-12-14-6-1-2-7-16(14)22-9-3-4-10-22/h1-2,5-8,11,13H,3-4,9-10,12H2,(H,20,23). The van der Waals surface area contributed by atoms with Crippen LogP contribution in [0.2, 0.25) is 0 Å². The third-order valence-electron chi connectivity index (χ3n) is 4.35. The quantitative estimate of drug-likeness (QED) is 0.755. The van der Waals surface area contributed by atoms with Crippen molar-refractivity contribution < 1.29 is 9.21 Å². The number of carbonyl (C=O) groups excluding carboxylic acids is 1. The van der Waals surface area contributed by atoms with Gasteiger partial charge in [-0.15, -0.1) is 11.3 Å². The molecule has 3 heterocycles. The van der Waals surface area contributed by atoms with Crippen molar-refractivity contribution in [2.24, 2.45) is 0 Å². The van der Waals surface area contributed by atoms with E-state index < -0.39 is 0 Å². The van der Waals surface area contributed by atoms with Crippen molar-refractivity contribution in [2.75, 3.05) is 18.0 Å². The lowest BCUT2D eigenvalue weighted by Crippen LogP contribution is -2.25. The predicted molar refractivity (Wildman–Crippen MR) is 98.9 cm³/mol. The second-order valence-electron chi connectivity index (χ2n) is 6.02. The van der Waals surface area contributed by atoms with Gasteiger partial charge in [-0.25, -0.2) is 4.98 Å². The molecule has 0 bridgehead atoms. The summed E-state index contributed by atoms with van der Waals surface area (Å²) in [6.07, 6.45) is 4.07. The fourth-order valence-corrected chi connectivity index (χ4v) is 3.85. The van der Waals surface area contributed by atoms with E-state index in [1.807, 2.05) is 18.2 Å². The highest BCUT2D eigenvalue weighted by atomic mass is 32.1. The zero-order chi connectivity index (χ0) is 17.1. The van der Waals surface area contributed by atoms with Gasteiger partial charge in [-0.05, 0) is 36.6 Å². The summed E-state index contributed by atoms with van der Waals surface area (Å²) >= 11 is 1.41. The summed E-state index contributed by atoms with van der Waals surface area (Å²) < 4.78 is 5.33. The van der Waals surface area contributed by atoms with Crippen LogP contribution >= 0.6 is 11.3 Å². The molecule has 4 rings (SSSR count). The van der Waals surface area contributed by atoms with Gasteiger partial charge in [0.05, 0.1) is 6.26 Å². The molecule has 128 valence electrons. The van der Waals surface area contributed by atoms with Crippen LogP contribution in [0.1, 0.15) is 28.9 Å². The van der Waals surface area contributed by atoms with Gasteiger partial charge >= 0.3 is 0 Å². The van der Waals surface area contributed by atoms with Crippen molar-refractivity contribution in [1.29, 1.82) is 0 Å². The highest BCUT2D eigenvalue weighted by Crippen LogP contribution is 2.25. The number of anilines is 1. The Morgan fingerprint density at radius 3 is 2.84 bits per heavy atom. The number of hydrogen-bond acceptors (Lipinski definition) is 5. The van der Waals surface area contributed by atoms with Crippen LogP contribution in [0.3, 0.4) is 0 Å². The molecule has 1 saturated heterocycles. The lowest BCUT2D eigenvalue weighted by Gasteiger charge is -2.21. The minimum atomic E-state index is -0.162. The Hall–Kier alpha value is -2.60. The Kier molecular flexibility index (Phi) is 4.52. The largest absolute Gasteiger partial charge is 0.462 e. The van der Waals surface area contributed by atoms with Crippen LogP contribution in [0.4, 0.5) is 5.69 Å². The molecule has 6 heteroatoms. The maximum atomic E-state index is 12.4. The smallest absolute Gasteiger partial charge is 0.271 e. The first-order valence-corrected chi connectivity index (χ1v) is 9.30. The number of amides is 1. The van der Waals surface area contributed by atoms with Crippen LogP contribution in [-0.4, -0.2) is 24.0 Å². The minimum absolute atomic E-state index is 0.162. The van der Waals surface area contributed by atoms with E-state index >= 15 is 0 Å². The summed E-state index contributed by atoms with van der Waals surface area (Å²) in [6.45, 7) is 2.67. The number of aromatic nitrogens is 1. The molecule has 0 aliphatic carbocycles. The van der Waals surface area contributed by atoms with Gasteiger partial charge < -0.3 is 14.6 Å². The first-order chi connectivity index (χ1) is 12.3. The fraction of sp³-hybridized carbons (Fsp3) is 0.263. The maximum absolute atomic E-state index is 12.4. The lowest BCUT2D eigenvalue weighted by molar-refractivity contribution is 0.0947. The minimum Gasteiger partial charge on any atom is -0.462 e. The van der Waals surface area contributed by atoms with Crippen LogP contribution in [0, 0.1) is 0 Å². The van der Waals surface area contributed by atoms with Gasteiger partial charge in [-0.3, -0.25) is 4.79 Å². The summed E-state index contributed by atoms with van der Waals surface area (Å²) in [5.41, 5.74) is 2.78. The molecule has 25 heavy (non-hydrogen) atoms. The number of nitrogens with zero attached hydrogens (tertiary/aromatic N) is 2. The molecule has 1 amide bonds. The first kappa shape index (κ1) is 15.9. The van der Waals surface area contributed by atoms with E-state index in [1.54, 1.807) is 11.6 Å². The second kappa shape index (κ2) is 7.11. The lowest BCUT2D eigenvalue weighted by atomic mass is 10.1. The van der Waals surface area contributed by atoms with Gasteiger partial charge in [0.25, 0.3) is 5.91 Å². The SMILES string of the molecule is O=C(NCc1ccccc1N1CCCC1)c1csc(-c2ccco2)n1. The third-order valence-corrected chi connectivity index (χ3v) is 5.20. The molecule has 0 atom stereocenters. The van der Waals surface area contributed by atoms with Gasteiger partial charge in [0, 0.05) is 30.7 Å². The van der Waals surface area contributed by atoms with Crippen LogP contribution in [-0.2, 0) is 6.54 Å². The van der Waals surface area contributed by atoms with E-state index in [4.69, 9.17) is 4.42 Å². The van der Waals surface area contributed by atoms with Crippen molar-refractivity contribution in [1.82, 2.24) is 10.3 Å². The van der Waals surface area contributed by atoms with Gasteiger partial charge in [-0.2, -0.15) is 0 Å². The van der Waals surface area contributed by atoms with E-state index in [-0.39, 0.29) is 5.91 Å². The number of para-hydroxylation sites is 1. The average Bonchev–Trinajstić information content (AvgIpc) is 3.41. The van der Waals surface area contributed by atoms with Crippen LogP contribution in [0.5, 0.6) is 0 Å². The van der Waals surface area contributed by atoms with E-state index in [2.05, 4.69) is 33.4 Å². The number of thiazole rings is 1. The highest BCUT2D eigenvalue weighted by Gasteiger charge is 2.17. The molecule has 5 nitrogen and oxygen atoms in total. The Morgan fingerprint density at radius 1 is 1.20 bits per heavy atom. The summed E-state index contributed by atoms with van der Waals surface area (Å²) in [7, 11) is 0. The van der Waals surface area contributed by atoms with Crippen LogP contribution in [0.15, 0.2) is 52.5 Å². The van der Waals surface area contributed by atoms with Crippen LogP contribution < -0.4 is 10.2 Å². The van der Waals surface area contributed by atoms with Crippen molar-refractivity contribution in [3.8, 4) is 10.8 Å². The molecule has 3 aromatic rings. The first-order valence-electron chi connectivity index (χ1n) is 8.42. The molecule has 1 aliphatic heterocycles. The Bertz CT molecular complexity index is 851. The molecule has 0 radical (unpaired) electrons. The number of benzene rings is 1. The van der Waals surface area contributed by atoms with E-state index in [0.29, 0.717) is 23.0 Å². The fourth-order valence-electron chi connectivity index (χ4n) is 3.08. The Balaban J connectivity index is 1.44. The van der Waals surface area contributed by atoms with Gasteiger partial charge in [0.1, 0.15) is 5.69 Å². The summed E-state index contributed by atoms with van der Waals surface area (Å²) in [5.74, 6) is 0.522. The number of carbonyl (C=O) groups is 1. The molecular formula is C19H19N3O2S. The molecule has 1 aromatic carbocycles. The second-order valence-corrected chi connectivity index (χ2v) is 6.88. The number of nitrogens with one attached hydrogen (secondary N) is 1. The number of furan rings is 1. The molecule has 0 spiro atoms.